The van der Waals surface area contributed by atoms with E-state index in [9.17, 15) is 14.7 Å². The first-order chi connectivity index (χ1) is 13.1. The van der Waals surface area contributed by atoms with Crippen LogP contribution >= 0.6 is 0 Å². The lowest BCUT2D eigenvalue weighted by atomic mass is 10.0. The van der Waals surface area contributed by atoms with Crippen LogP contribution in [0.2, 0.25) is 0 Å². The van der Waals surface area contributed by atoms with Crippen molar-refractivity contribution in [2.24, 2.45) is 5.10 Å². The number of anilines is 1. The fraction of sp³-hybridized carbons (Fsp3) is 0.550. The molecule has 0 spiro atoms. The van der Waals surface area contributed by atoms with Gasteiger partial charge in [-0.2, -0.15) is 5.10 Å². The zero-order valence-corrected chi connectivity index (χ0v) is 17.2. The van der Waals surface area contributed by atoms with E-state index in [1.54, 1.807) is 19.2 Å². The zero-order valence-electron chi connectivity index (χ0n) is 17.2. The first kappa shape index (κ1) is 21.8. The number of nitrogens with one attached hydrogen (secondary N) is 2. The molecule has 28 heavy (non-hydrogen) atoms. The van der Waals surface area contributed by atoms with Crippen LogP contribution in [-0.4, -0.2) is 54.5 Å². The van der Waals surface area contributed by atoms with Gasteiger partial charge in [0.25, 0.3) is 0 Å². The normalized spacial score (nSPS) is 15.5. The Kier molecular flexibility index (Phi) is 7.15. The van der Waals surface area contributed by atoms with Crippen LogP contribution in [0.15, 0.2) is 23.3 Å². The minimum Gasteiger partial charge on any atom is -0.490 e. The molecule has 0 saturated carbocycles. The van der Waals surface area contributed by atoms with E-state index in [4.69, 9.17) is 4.74 Å². The van der Waals surface area contributed by atoms with Gasteiger partial charge in [-0.15, -0.1) is 0 Å². The van der Waals surface area contributed by atoms with E-state index in [0.29, 0.717) is 36.5 Å². The smallest absolute Gasteiger partial charge is 0.240 e. The molecule has 8 heteroatoms. The second kappa shape index (κ2) is 9.16. The molecule has 2 amide bonds. The highest BCUT2D eigenvalue weighted by molar-refractivity contribution is 6.06. The number of hydrogen-bond acceptors (Lipinski definition) is 6. The van der Waals surface area contributed by atoms with Gasteiger partial charge in [0.15, 0.2) is 0 Å². The number of hydrazone groups is 1. The number of β-amino-alcohol motifs (C(OH)–C–C–N with tert-alkyl or cyclic N) is 1. The van der Waals surface area contributed by atoms with E-state index in [0.717, 1.165) is 5.56 Å². The predicted molar refractivity (Wildman–Crippen MR) is 109 cm³/mol. The third-order valence-corrected chi connectivity index (χ3v) is 4.34. The molecule has 1 atom stereocenters. The average Bonchev–Trinajstić information content (AvgIpc) is 2.64. The van der Waals surface area contributed by atoms with Crippen molar-refractivity contribution in [3.8, 4) is 5.75 Å². The highest BCUT2D eigenvalue weighted by Gasteiger charge is 2.20. The van der Waals surface area contributed by atoms with Crippen LogP contribution in [-0.2, 0) is 9.59 Å². The number of aliphatic hydroxyl groups is 1. The molecule has 1 aromatic carbocycles. The maximum absolute atomic E-state index is 11.7. The number of rotatable bonds is 7. The zero-order chi connectivity index (χ0) is 20.9. The van der Waals surface area contributed by atoms with Gasteiger partial charge >= 0.3 is 0 Å². The molecule has 1 aliphatic rings. The molecule has 0 fully saturated rings. The fourth-order valence-electron chi connectivity index (χ4n) is 2.60. The summed E-state index contributed by atoms with van der Waals surface area (Å²) in [6.07, 6.45) is 0.151. The van der Waals surface area contributed by atoms with Gasteiger partial charge in [0.1, 0.15) is 18.5 Å². The molecule has 0 saturated heterocycles. The summed E-state index contributed by atoms with van der Waals surface area (Å²) in [7, 11) is 1.68. The summed E-state index contributed by atoms with van der Waals surface area (Å²) < 4.78 is 5.89. The molecule has 3 N–H and O–H groups in total. The summed E-state index contributed by atoms with van der Waals surface area (Å²) in [5, 5.41) is 17.6. The van der Waals surface area contributed by atoms with Crippen molar-refractivity contribution in [3.05, 3.63) is 23.8 Å². The SMILES string of the molecule is CC(=O)N(C)c1ccc(C2=NNC(=O)CC2)c(OCC(O)CNC(C)(C)C)c1. The Hall–Kier alpha value is -2.45. The number of carbonyl (C=O) groups excluding carboxylic acids is 2. The van der Waals surface area contributed by atoms with Crippen molar-refractivity contribution in [1.29, 1.82) is 0 Å². The molecule has 1 aliphatic heterocycles. The van der Waals surface area contributed by atoms with Gasteiger partial charge in [-0.05, 0) is 32.9 Å². The monoisotopic (exact) mass is 390 g/mol. The summed E-state index contributed by atoms with van der Waals surface area (Å²) in [6.45, 7) is 8.03. The molecule has 154 valence electrons. The number of hydrogen-bond donors (Lipinski definition) is 3. The van der Waals surface area contributed by atoms with Crippen molar-refractivity contribution in [1.82, 2.24) is 10.7 Å². The van der Waals surface area contributed by atoms with Gasteiger partial charge in [-0.25, -0.2) is 5.43 Å². The summed E-state index contributed by atoms with van der Waals surface area (Å²) in [6, 6.07) is 5.37. The number of amides is 2. The number of carbonyl (C=O) groups is 2. The van der Waals surface area contributed by atoms with Crippen LogP contribution in [0.4, 0.5) is 5.69 Å². The summed E-state index contributed by atoms with van der Waals surface area (Å²) in [4.78, 5) is 24.6. The average molecular weight is 390 g/mol. The molecule has 1 heterocycles. The third kappa shape index (κ3) is 6.31. The van der Waals surface area contributed by atoms with E-state index in [1.807, 2.05) is 26.8 Å². The Morgan fingerprint density at radius 2 is 2.11 bits per heavy atom. The molecule has 1 aromatic rings. The third-order valence-electron chi connectivity index (χ3n) is 4.34. The van der Waals surface area contributed by atoms with Gasteiger partial charge in [-0.3, -0.25) is 9.59 Å². The second-order valence-electron chi connectivity index (χ2n) is 7.95. The first-order valence-corrected chi connectivity index (χ1v) is 9.37. The van der Waals surface area contributed by atoms with Crippen LogP contribution < -0.4 is 20.4 Å². The fourth-order valence-corrected chi connectivity index (χ4v) is 2.60. The maximum atomic E-state index is 11.7. The van der Waals surface area contributed by atoms with Crippen LogP contribution in [0.25, 0.3) is 0 Å². The number of aliphatic hydroxyl groups excluding tert-OH is 1. The first-order valence-electron chi connectivity index (χ1n) is 9.37. The molecule has 0 radical (unpaired) electrons. The summed E-state index contributed by atoms with van der Waals surface area (Å²) in [5.74, 6) is 0.286. The van der Waals surface area contributed by atoms with Crippen LogP contribution in [0.5, 0.6) is 5.75 Å². The molecule has 2 rings (SSSR count). The Morgan fingerprint density at radius 3 is 2.68 bits per heavy atom. The van der Waals surface area contributed by atoms with Crippen LogP contribution in [0.3, 0.4) is 0 Å². The van der Waals surface area contributed by atoms with Gasteiger partial charge in [-0.1, -0.05) is 0 Å². The highest BCUT2D eigenvalue weighted by Crippen LogP contribution is 2.28. The molecule has 8 nitrogen and oxygen atoms in total. The minimum absolute atomic E-state index is 0.0863. The number of ether oxygens (including phenoxy) is 1. The van der Waals surface area contributed by atoms with Crippen LogP contribution in [0, 0.1) is 0 Å². The maximum Gasteiger partial charge on any atom is 0.240 e. The lowest BCUT2D eigenvalue weighted by Crippen LogP contribution is -2.42. The standard InChI is InChI=1S/C20H30N4O4/c1-13(25)24(5)14-6-7-16(17-8-9-19(27)23-22-17)18(10-14)28-12-15(26)11-21-20(2,3)4/h6-7,10,15,21,26H,8-9,11-12H2,1-5H3,(H,23,27). The van der Waals surface area contributed by atoms with Crippen molar-refractivity contribution < 1.29 is 19.4 Å². The Labute approximate surface area is 165 Å². The lowest BCUT2D eigenvalue weighted by molar-refractivity contribution is -0.121. The lowest BCUT2D eigenvalue weighted by Gasteiger charge is -2.24. The molecular formula is C20H30N4O4. The summed E-state index contributed by atoms with van der Waals surface area (Å²) in [5.41, 5.74) is 4.49. The van der Waals surface area contributed by atoms with E-state index < -0.39 is 6.10 Å². The van der Waals surface area contributed by atoms with Crippen LogP contribution in [0.1, 0.15) is 46.1 Å². The largest absolute Gasteiger partial charge is 0.490 e. The molecular weight excluding hydrogens is 360 g/mol. The van der Waals surface area contributed by atoms with Crippen molar-refractivity contribution in [3.63, 3.8) is 0 Å². The van der Waals surface area contributed by atoms with Crippen molar-refractivity contribution in [2.75, 3.05) is 25.1 Å². The topological polar surface area (TPSA) is 103 Å². The molecule has 0 aromatic heterocycles. The molecule has 0 bridgehead atoms. The molecule has 1 unspecified atom stereocenters. The minimum atomic E-state index is -0.700. The van der Waals surface area contributed by atoms with E-state index in [-0.39, 0.29) is 24.0 Å². The Morgan fingerprint density at radius 1 is 1.39 bits per heavy atom. The van der Waals surface area contributed by atoms with Gasteiger partial charge in [0.2, 0.25) is 11.8 Å². The number of benzene rings is 1. The van der Waals surface area contributed by atoms with E-state index >= 15 is 0 Å². The van der Waals surface area contributed by atoms with Gasteiger partial charge < -0.3 is 20.1 Å². The Bertz CT molecular complexity index is 755. The Balaban J connectivity index is 2.21. The molecule has 0 aliphatic carbocycles. The van der Waals surface area contributed by atoms with Gasteiger partial charge in [0.05, 0.1) is 5.71 Å². The quantitative estimate of drug-likeness (QED) is 0.653. The number of nitrogens with zero attached hydrogens (tertiary/aromatic N) is 2. The summed E-state index contributed by atoms with van der Waals surface area (Å²) >= 11 is 0. The van der Waals surface area contributed by atoms with Crippen molar-refractivity contribution >= 4 is 23.2 Å². The van der Waals surface area contributed by atoms with E-state index in [1.165, 1.54) is 11.8 Å². The highest BCUT2D eigenvalue weighted by atomic mass is 16.5. The van der Waals surface area contributed by atoms with Crippen molar-refractivity contribution in [2.45, 2.75) is 52.2 Å². The van der Waals surface area contributed by atoms with Gasteiger partial charge in [0, 0.05) is 56.2 Å². The predicted octanol–water partition coefficient (Wildman–Crippen LogP) is 1.41. The second-order valence-corrected chi connectivity index (χ2v) is 7.95. The van der Waals surface area contributed by atoms with E-state index in [2.05, 4.69) is 15.8 Å².